The van der Waals surface area contributed by atoms with Gasteiger partial charge in [-0.1, -0.05) is 23.2 Å². The van der Waals surface area contributed by atoms with E-state index in [9.17, 15) is 0 Å². The Morgan fingerprint density at radius 1 is 1.19 bits per heavy atom. The molecule has 0 aliphatic carbocycles. The van der Waals surface area contributed by atoms with Crippen molar-refractivity contribution >= 4 is 68.7 Å². The van der Waals surface area contributed by atoms with Crippen molar-refractivity contribution < 1.29 is 0 Å². The maximum Gasteiger partial charge on any atom is 0.0858 e. The van der Waals surface area contributed by atoms with E-state index in [2.05, 4.69) is 28.7 Å². The molecule has 0 aliphatic heterocycles. The quantitative estimate of drug-likeness (QED) is 0.427. The van der Waals surface area contributed by atoms with Crippen LogP contribution in [0.5, 0.6) is 0 Å². The van der Waals surface area contributed by atoms with Crippen LogP contribution in [0.2, 0.25) is 10.0 Å². The fourth-order valence-corrected chi connectivity index (χ4v) is 3.59. The highest BCUT2D eigenvalue weighted by molar-refractivity contribution is 14.1. The number of thiophene rings is 1. The summed E-state index contributed by atoms with van der Waals surface area (Å²) in [5, 5.41) is 3.09. The van der Waals surface area contributed by atoms with Gasteiger partial charge in [0.05, 0.1) is 8.26 Å². The van der Waals surface area contributed by atoms with E-state index in [0.29, 0.717) is 10.0 Å². The topological polar surface area (TPSA) is 0 Å². The largest absolute Gasteiger partial charge is 0.137 e. The van der Waals surface area contributed by atoms with Gasteiger partial charge < -0.3 is 0 Å². The van der Waals surface area contributed by atoms with Crippen molar-refractivity contribution in [1.82, 2.24) is 0 Å². The molecule has 1 atom stereocenters. The number of hydrogen-bond acceptors (Lipinski definition) is 1. The zero-order valence-corrected chi connectivity index (χ0v) is 13.1. The van der Waals surface area contributed by atoms with Crippen LogP contribution in [0, 0.1) is 2.88 Å². The summed E-state index contributed by atoms with van der Waals surface area (Å²) >= 11 is 22.4. The molecule has 1 aromatic carbocycles. The summed E-state index contributed by atoms with van der Waals surface area (Å²) in [6, 6.07) is 7.40. The molecule has 2 aromatic rings. The highest BCUT2D eigenvalue weighted by atomic mass is 127. The van der Waals surface area contributed by atoms with Crippen molar-refractivity contribution in [3.05, 3.63) is 53.7 Å². The van der Waals surface area contributed by atoms with Crippen molar-refractivity contribution in [1.29, 1.82) is 0 Å². The Morgan fingerprint density at radius 2 is 1.94 bits per heavy atom. The normalized spacial score (nSPS) is 12.8. The standard InChI is InChI=1S/C11H6Cl3IS/c12-7-1-2-9(13)8(4-7)11(14)6-3-10(15)16-5-6/h1-5,11H. The molecule has 5 heteroatoms. The molecular formula is C11H6Cl3IS. The third kappa shape index (κ3) is 2.85. The van der Waals surface area contributed by atoms with Crippen molar-refractivity contribution in [2.45, 2.75) is 5.38 Å². The maximum atomic E-state index is 6.38. The summed E-state index contributed by atoms with van der Waals surface area (Å²) in [7, 11) is 0. The Balaban J connectivity index is 2.40. The van der Waals surface area contributed by atoms with Crippen LogP contribution in [0.3, 0.4) is 0 Å². The lowest BCUT2D eigenvalue weighted by Gasteiger charge is -2.10. The predicted molar refractivity (Wildman–Crippen MR) is 81.2 cm³/mol. The molecule has 1 heterocycles. The van der Waals surface area contributed by atoms with Gasteiger partial charge in [-0.2, -0.15) is 0 Å². The van der Waals surface area contributed by atoms with Gasteiger partial charge in [-0.15, -0.1) is 22.9 Å². The molecule has 0 saturated carbocycles. The second kappa shape index (κ2) is 5.44. The minimum atomic E-state index is -0.244. The lowest BCUT2D eigenvalue weighted by Crippen LogP contribution is -1.92. The minimum absolute atomic E-state index is 0.244. The molecule has 0 radical (unpaired) electrons. The SMILES string of the molecule is Clc1ccc(Cl)c(C(Cl)c2csc(I)c2)c1. The molecular weight excluding hydrogens is 397 g/mol. The first kappa shape index (κ1) is 13.0. The summed E-state index contributed by atoms with van der Waals surface area (Å²) in [6.45, 7) is 0. The smallest absolute Gasteiger partial charge is 0.0858 e. The summed E-state index contributed by atoms with van der Waals surface area (Å²) in [5.74, 6) is 0. The van der Waals surface area contributed by atoms with Gasteiger partial charge in [0.25, 0.3) is 0 Å². The third-order valence-electron chi connectivity index (χ3n) is 2.11. The van der Waals surface area contributed by atoms with E-state index in [1.54, 1.807) is 23.5 Å². The lowest BCUT2D eigenvalue weighted by atomic mass is 10.1. The minimum Gasteiger partial charge on any atom is -0.137 e. The molecule has 16 heavy (non-hydrogen) atoms. The highest BCUT2D eigenvalue weighted by Crippen LogP contribution is 2.37. The van der Waals surface area contributed by atoms with Gasteiger partial charge in [-0.3, -0.25) is 0 Å². The van der Waals surface area contributed by atoms with Crippen LogP contribution in [-0.2, 0) is 0 Å². The van der Waals surface area contributed by atoms with Crippen molar-refractivity contribution in [3.8, 4) is 0 Å². The van der Waals surface area contributed by atoms with Crippen LogP contribution < -0.4 is 0 Å². The molecule has 0 nitrogen and oxygen atoms in total. The zero-order chi connectivity index (χ0) is 11.7. The molecule has 0 saturated heterocycles. The molecule has 1 unspecified atom stereocenters. The molecule has 0 aliphatic rings. The molecule has 0 bridgehead atoms. The number of alkyl halides is 1. The Hall–Kier alpha value is 0.520. The van der Waals surface area contributed by atoms with Crippen molar-refractivity contribution in [2.24, 2.45) is 0 Å². The first-order valence-electron chi connectivity index (χ1n) is 4.41. The summed E-state index contributed by atoms with van der Waals surface area (Å²) in [6.07, 6.45) is 0. The van der Waals surface area contributed by atoms with E-state index < -0.39 is 0 Å². The van der Waals surface area contributed by atoms with Crippen LogP contribution in [0.1, 0.15) is 16.5 Å². The van der Waals surface area contributed by atoms with Gasteiger partial charge in [-0.25, -0.2) is 0 Å². The Kier molecular flexibility index (Phi) is 4.41. The summed E-state index contributed by atoms with van der Waals surface area (Å²) in [5.41, 5.74) is 1.91. The fraction of sp³-hybridized carbons (Fsp3) is 0.0909. The van der Waals surface area contributed by atoms with E-state index in [4.69, 9.17) is 34.8 Å². The van der Waals surface area contributed by atoms with Crippen LogP contribution in [0.4, 0.5) is 0 Å². The predicted octanol–water partition coefficient (Wildman–Crippen LogP) is 5.99. The molecule has 1 aromatic heterocycles. The van der Waals surface area contributed by atoms with E-state index in [1.807, 2.05) is 11.4 Å². The molecule has 84 valence electrons. The summed E-state index contributed by atoms with van der Waals surface area (Å²) in [4.78, 5) is 0. The van der Waals surface area contributed by atoms with E-state index >= 15 is 0 Å². The average Bonchev–Trinajstić information content (AvgIpc) is 2.67. The van der Waals surface area contributed by atoms with Crippen molar-refractivity contribution in [2.75, 3.05) is 0 Å². The average molecular weight is 403 g/mol. The van der Waals surface area contributed by atoms with Crippen LogP contribution in [-0.4, -0.2) is 0 Å². The van der Waals surface area contributed by atoms with Gasteiger partial charge >= 0.3 is 0 Å². The molecule has 2 rings (SSSR count). The van der Waals surface area contributed by atoms with Gasteiger partial charge in [0.2, 0.25) is 0 Å². The number of benzene rings is 1. The molecule has 0 amide bonds. The highest BCUT2D eigenvalue weighted by Gasteiger charge is 2.15. The third-order valence-corrected chi connectivity index (χ3v) is 4.99. The lowest BCUT2D eigenvalue weighted by molar-refractivity contribution is 1.15. The van der Waals surface area contributed by atoms with E-state index in [1.165, 1.54) is 2.88 Å². The first-order chi connectivity index (χ1) is 7.58. The van der Waals surface area contributed by atoms with Crippen LogP contribution >= 0.6 is 68.7 Å². The second-order valence-electron chi connectivity index (χ2n) is 3.21. The number of halogens is 4. The van der Waals surface area contributed by atoms with Gasteiger partial charge in [-0.05, 0) is 63.4 Å². The zero-order valence-electron chi connectivity index (χ0n) is 7.88. The second-order valence-corrected chi connectivity index (χ2v) is 7.30. The number of hydrogen-bond donors (Lipinski definition) is 0. The van der Waals surface area contributed by atoms with E-state index in [-0.39, 0.29) is 5.38 Å². The monoisotopic (exact) mass is 402 g/mol. The van der Waals surface area contributed by atoms with Crippen molar-refractivity contribution in [3.63, 3.8) is 0 Å². The molecule has 0 fully saturated rings. The Morgan fingerprint density at radius 3 is 2.56 bits per heavy atom. The van der Waals surface area contributed by atoms with Gasteiger partial charge in [0.15, 0.2) is 0 Å². The maximum absolute atomic E-state index is 6.38. The van der Waals surface area contributed by atoms with Crippen LogP contribution in [0.25, 0.3) is 0 Å². The Labute approximate surface area is 127 Å². The Bertz CT molecular complexity index is 510. The van der Waals surface area contributed by atoms with Gasteiger partial charge in [0.1, 0.15) is 0 Å². The molecule has 0 N–H and O–H groups in total. The van der Waals surface area contributed by atoms with Crippen LogP contribution in [0.15, 0.2) is 29.6 Å². The molecule has 0 spiro atoms. The fourth-order valence-electron chi connectivity index (χ4n) is 1.34. The van der Waals surface area contributed by atoms with E-state index in [0.717, 1.165) is 11.1 Å². The summed E-state index contributed by atoms with van der Waals surface area (Å²) < 4.78 is 1.21. The first-order valence-corrected chi connectivity index (χ1v) is 7.56. The van der Waals surface area contributed by atoms with Gasteiger partial charge in [0, 0.05) is 10.0 Å². The number of rotatable bonds is 2.